The maximum Gasteiger partial charge on any atom is 0.258 e. The van der Waals surface area contributed by atoms with E-state index in [1.54, 1.807) is 11.3 Å². The van der Waals surface area contributed by atoms with Crippen molar-refractivity contribution >= 4 is 11.3 Å². The smallest absolute Gasteiger partial charge is 0.258 e. The van der Waals surface area contributed by atoms with Crippen LogP contribution in [0.5, 0.6) is 0 Å². The van der Waals surface area contributed by atoms with Crippen molar-refractivity contribution in [2.24, 2.45) is 0 Å². The summed E-state index contributed by atoms with van der Waals surface area (Å²) in [4.78, 5) is 1.09. The van der Waals surface area contributed by atoms with Crippen LogP contribution in [-0.2, 0) is 13.0 Å². The Labute approximate surface area is 105 Å². The summed E-state index contributed by atoms with van der Waals surface area (Å²) in [7, 11) is 0. The number of rotatable bonds is 5. The molecule has 0 atom stereocenters. The first-order chi connectivity index (χ1) is 8.20. The zero-order valence-electron chi connectivity index (χ0n) is 10.4. The zero-order chi connectivity index (χ0) is 12.3. The van der Waals surface area contributed by atoms with Gasteiger partial charge in [0.15, 0.2) is 0 Å². The van der Waals surface area contributed by atoms with E-state index < -0.39 is 0 Å². The van der Waals surface area contributed by atoms with Crippen LogP contribution in [0.3, 0.4) is 0 Å². The third-order valence-corrected chi connectivity index (χ3v) is 3.39. The number of nitrogens with one attached hydrogen (secondary N) is 1. The third-order valence-electron chi connectivity index (χ3n) is 2.45. The summed E-state index contributed by atoms with van der Waals surface area (Å²) in [5.41, 5.74) is 1.27. The van der Waals surface area contributed by atoms with Crippen LogP contribution in [0.1, 0.15) is 32.2 Å². The summed E-state index contributed by atoms with van der Waals surface area (Å²) in [6.07, 6.45) is 0.987. The summed E-state index contributed by atoms with van der Waals surface area (Å²) < 4.78 is 5.65. The van der Waals surface area contributed by atoms with Crippen molar-refractivity contribution in [1.82, 2.24) is 15.5 Å². The van der Waals surface area contributed by atoms with Crippen molar-refractivity contribution in [3.63, 3.8) is 0 Å². The third kappa shape index (κ3) is 2.92. The van der Waals surface area contributed by atoms with Gasteiger partial charge in [0.05, 0.1) is 11.4 Å². The molecule has 0 aliphatic rings. The fourth-order valence-electron chi connectivity index (χ4n) is 1.51. The molecule has 1 N–H and O–H groups in total. The predicted molar refractivity (Wildman–Crippen MR) is 69.0 cm³/mol. The van der Waals surface area contributed by atoms with Gasteiger partial charge in [0.1, 0.15) is 0 Å². The number of nitrogens with zero attached hydrogens (tertiary/aromatic N) is 2. The van der Waals surface area contributed by atoms with Gasteiger partial charge in [-0.15, -0.1) is 21.5 Å². The zero-order valence-corrected chi connectivity index (χ0v) is 11.2. The van der Waals surface area contributed by atoms with Gasteiger partial charge < -0.3 is 9.73 Å². The van der Waals surface area contributed by atoms with Crippen molar-refractivity contribution < 1.29 is 4.42 Å². The van der Waals surface area contributed by atoms with Crippen molar-refractivity contribution in [3.05, 3.63) is 22.9 Å². The fraction of sp³-hybridized carbons (Fsp3) is 0.500. The normalized spacial score (nSPS) is 11.3. The van der Waals surface area contributed by atoms with E-state index in [0.717, 1.165) is 11.3 Å². The number of aryl methyl sites for hydroxylation is 1. The minimum atomic E-state index is 0.415. The van der Waals surface area contributed by atoms with Gasteiger partial charge in [-0.2, -0.15) is 0 Å². The van der Waals surface area contributed by atoms with Crippen LogP contribution < -0.4 is 5.32 Å². The second-order valence-electron chi connectivity index (χ2n) is 4.17. The lowest BCUT2D eigenvalue weighted by Gasteiger charge is -2.03. The Bertz CT molecular complexity index is 476. The molecule has 0 aliphatic heterocycles. The summed E-state index contributed by atoms with van der Waals surface area (Å²) in [6.45, 7) is 6.93. The molecule has 5 heteroatoms. The van der Waals surface area contributed by atoms with Crippen LogP contribution in [0, 0.1) is 0 Å². The van der Waals surface area contributed by atoms with Gasteiger partial charge in [-0.25, -0.2) is 0 Å². The second kappa shape index (κ2) is 5.42. The van der Waals surface area contributed by atoms with E-state index in [0.29, 0.717) is 24.4 Å². The molecule has 2 heterocycles. The van der Waals surface area contributed by atoms with Crippen molar-refractivity contribution in [1.29, 1.82) is 0 Å². The number of hydrogen-bond donors (Lipinski definition) is 1. The molecule has 4 nitrogen and oxygen atoms in total. The first-order valence-corrected chi connectivity index (χ1v) is 6.71. The van der Waals surface area contributed by atoms with Gasteiger partial charge in [-0.05, 0) is 23.4 Å². The highest BCUT2D eigenvalue weighted by molar-refractivity contribution is 7.13. The standard InChI is InChI=1S/C12H17N3OS/c1-4-9-5-6-17-11(9)12-15-14-10(16-12)7-13-8(2)3/h5-6,8,13H,4,7H2,1-3H3. The van der Waals surface area contributed by atoms with E-state index in [4.69, 9.17) is 4.42 Å². The van der Waals surface area contributed by atoms with E-state index >= 15 is 0 Å². The van der Waals surface area contributed by atoms with Crippen LogP contribution in [0.25, 0.3) is 10.8 Å². The molecule has 0 amide bonds. The quantitative estimate of drug-likeness (QED) is 0.887. The average molecular weight is 251 g/mol. The minimum absolute atomic E-state index is 0.415. The number of thiophene rings is 1. The molecule has 92 valence electrons. The first-order valence-electron chi connectivity index (χ1n) is 5.83. The second-order valence-corrected chi connectivity index (χ2v) is 5.08. The highest BCUT2D eigenvalue weighted by Gasteiger charge is 2.13. The van der Waals surface area contributed by atoms with Crippen molar-refractivity contribution in [2.45, 2.75) is 39.8 Å². The number of aromatic nitrogens is 2. The first kappa shape index (κ1) is 12.3. The molecule has 2 rings (SSSR count). The summed E-state index contributed by atoms with van der Waals surface area (Å²) in [5.74, 6) is 1.28. The molecule has 17 heavy (non-hydrogen) atoms. The fourth-order valence-corrected chi connectivity index (χ4v) is 2.43. The SMILES string of the molecule is CCc1ccsc1-c1nnc(CNC(C)C)o1. The average Bonchev–Trinajstić information content (AvgIpc) is 2.94. The molecule has 0 saturated carbocycles. The van der Waals surface area contributed by atoms with Crippen LogP contribution in [-0.4, -0.2) is 16.2 Å². The van der Waals surface area contributed by atoms with E-state index in [1.807, 2.05) is 0 Å². The molecule has 0 aromatic carbocycles. The Kier molecular flexibility index (Phi) is 3.91. The van der Waals surface area contributed by atoms with Crippen molar-refractivity contribution in [2.75, 3.05) is 0 Å². The molecular weight excluding hydrogens is 234 g/mol. The minimum Gasteiger partial charge on any atom is -0.419 e. The van der Waals surface area contributed by atoms with E-state index in [1.165, 1.54) is 5.56 Å². The maximum absolute atomic E-state index is 5.65. The highest BCUT2D eigenvalue weighted by atomic mass is 32.1. The lowest BCUT2D eigenvalue weighted by molar-refractivity contribution is 0.459. The van der Waals surface area contributed by atoms with Crippen LogP contribution in [0.15, 0.2) is 15.9 Å². The van der Waals surface area contributed by atoms with Gasteiger partial charge in [0.25, 0.3) is 5.89 Å². The predicted octanol–water partition coefficient (Wildman–Crippen LogP) is 2.86. The van der Waals surface area contributed by atoms with E-state index in [9.17, 15) is 0 Å². The summed E-state index contributed by atoms with van der Waals surface area (Å²) in [5, 5.41) is 13.5. The monoisotopic (exact) mass is 251 g/mol. The Hall–Kier alpha value is -1.20. The largest absolute Gasteiger partial charge is 0.419 e. The summed E-state index contributed by atoms with van der Waals surface area (Å²) >= 11 is 1.65. The van der Waals surface area contributed by atoms with E-state index in [2.05, 4.69) is 47.7 Å². The van der Waals surface area contributed by atoms with Crippen LogP contribution in [0.2, 0.25) is 0 Å². The molecule has 0 aliphatic carbocycles. The lowest BCUT2D eigenvalue weighted by Crippen LogP contribution is -2.21. The van der Waals surface area contributed by atoms with Gasteiger partial charge in [0.2, 0.25) is 5.89 Å². The molecule has 2 aromatic heterocycles. The Morgan fingerprint density at radius 2 is 2.24 bits per heavy atom. The lowest BCUT2D eigenvalue weighted by atomic mass is 10.2. The molecule has 0 saturated heterocycles. The molecule has 0 unspecified atom stereocenters. The Balaban J connectivity index is 2.12. The van der Waals surface area contributed by atoms with Gasteiger partial charge in [-0.1, -0.05) is 20.8 Å². The van der Waals surface area contributed by atoms with Gasteiger partial charge in [-0.3, -0.25) is 0 Å². The van der Waals surface area contributed by atoms with Gasteiger partial charge in [0, 0.05) is 6.04 Å². The van der Waals surface area contributed by atoms with Gasteiger partial charge >= 0.3 is 0 Å². The Morgan fingerprint density at radius 3 is 2.94 bits per heavy atom. The summed E-state index contributed by atoms with van der Waals surface area (Å²) in [6, 6.07) is 2.52. The highest BCUT2D eigenvalue weighted by Crippen LogP contribution is 2.28. The molecule has 0 radical (unpaired) electrons. The molecule has 0 fully saturated rings. The maximum atomic E-state index is 5.65. The molecule has 0 spiro atoms. The van der Waals surface area contributed by atoms with Crippen LogP contribution >= 0.6 is 11.3 Å². The molecular formula is C12H17N3OS. The topological polar surface area (TPSA) is 51.0 Å². The molecule has 2 aromatic rings. The Morgan fingerprint density at radius 1 is 1.41 bits per heavy atom. The van der Waals surface area contributed by atoms with Crippen molar-refractivity contribution in [3.8, 4) is 10.8 Å². The molecule has 0 bridgehead atoms. The van der Waals surface area contributed by atoms with Crippen LogP contribution in [0.4, 0.5) is 0 Å². The van der Waals surface area contributed by atoms with E-state index in [-0.39, 0.29) is 0 Å². The number of hydrogen-bond acceptors (Lipinski definition) is 5.